The fourth-order valence-corrected chi connectivity index (χ4v) is 2.33. The van der Waals surface area contributed by atoms with Crippen molar-refractivity contribution < 1.29 is 27.6 Å². The second kappa shape index (κ2) is 7.81. The number of hydrogen-bond acceptors (Lipinski definition) is 6. The first-order valence-electron chi connectivity index (χ1n) is 7.86. The molecule has 0 radical (unpaired) electrons. The summed E-state index contributed by atoms with van der Waals surface area (Å²) in [5.41, 5.74) is 2.89. The van der Waals surface area contributed by atoms with Crippen LogP contribution in [0.3, 0.4) is 0 Å². The van der Waals surface area contributed by atoms with Crippen molar-refractivity contribution in [2.24, 2.45) is 0 Å². The van der Waals surface area contributed by atoms with Crippen molar-refractivity contribution in [2.75, 3.05) is 0 Å². The van der Waals surface area contributed by atoms with Crippen molar-refractivity contribution >= 4 is 17.0 Å². The number of aromatic nitrogens is 4. The predicted octanol–water partition coefficient (Wildman–Crippen LogP) is 3.78. The van der Waals surface area contributed by atoms with Crippen LogP contribution in [0.2, 0.25) is 0 Å². The standard InChI is InChI=1S/C16H9N5O.C2HF3O2/c17-9-10-2-1-3-11(8-10)16-20-15(21-22-16)13-5-7-19-14-12(13)4-6-18-14;3-2(4,5)1(6)7/h1-8H,(H,18,19);(H,6,7). The average Bonchev–Trinajstić information content (AvgIpc) is 3.37. The minimum absolute atomic E-state index is 0.382. The van der Waals surface area contributed by atoms with Crippen LogP contribution in [0.15, 0.2) is 53.3 Å². The molecular formula is C18H10F3N5O3. The lowest BCUT2D eigenvalue weighted by atomic mass is 10.1. The normalized spacial score (nSPS) is 10.8. The molecule has 146 valence electrons. The van der Waals surface area contributed by atoms with E-state index in [1.54, 1.807) is 24.4 Å². The SMILES string of the molecule is N#Cc1cccc(-c2nc(-c3ccnc4[nH]ccc34)no2)c1.O=C(O)C(F)(F)F. The molecule has 4 aromatic rings. The molecule has 0 spiro atoms. The van der Waals surface area contributed by atoms with Crippen LogP contribution in [0, 0.1) is 11.3 Å². The number of nitrogens with one attached hydrogen (secondary N) is 1. The van der Waals surface area contributed by atoms with Gasteiger partial charge < -0.3 is 14.6 Å². The molecule has 0 unspecified atom stereocenters. The van der Waals surface area contributed by atoms with E-state index >= 15 is 0 Å². The van der Waals surface area contributed by atoms with Crippen molar-refractivity contribution in [2.45, 2.75) is 6.18 Å². The smallest absolute Gasteiger partial charge is 0.475 e. The van der Waals surface area contributed by atoms with E-state index in [-0.39, 0.29) is 0 Å². The number of benzene rings is 1. The van der Waals surface area contributed by atoms with Gasteiger partial charge in [-0.1, -0.05) is 11.2 Å². The Balaban J connectivity index is 0.000000298. The van der Waals surface area contributed by atoms with Crippen LogP contribution in [-0.2, 0) is 4.79 Å². The first-order chi connectivity index (χ1) is 13.8. The van der Waals surface area contributed by atoms with E-state index in [9.17, 15) is 13.2 Å². The molecule has 11 heteroatoms. The van der Waals surface area contributed by atoms with E-state index in [1.165, 1.54) is 0 Å². The van der Waals surface area contributed by atoms with Crippen molar-refractivity contribution in [1.82, 2.24) is 20.1 Å². The maximum atomic E-state index is 10.6. The van der Waals surface area contributed by atoms with Gasteiger partial charge in [-0.25, -0.2) is 9.78 Å². The number of rotatable bonds is 2. The number of hydrogen-bond donors (Lipinski definition) is 2. The first-order valence-corrected chi connectivity index (χ1v) is 7.86. The Bertz CT molecular complexity index is 1210. The van der Waals surface area contributed by atoms with Gasteiger partial charge in [0.05, 0.1) is 11.6 Å². The fourth-order valence-electron chi connectivity index (χ4n) is 2.33. The Morgan fingerprint density at radius 1 is 1.24 bits per heavy atom. The summed E-state index contributed by atoms with van der Waals surface area (Å²) in [4.78, 5) is 20.6. The van der Waals surface area contributed by atoms with E-state index in [0.29, 0.717) is 17.3 Å². The molecule has 0 saturated carbocycles. The zero-order valence-electron chi connectivity index (χ0n) is 14.3. The Hall–Kier alpha value is -4.20. The highest BCUT2D eigenvalue weighted by atomic mass is 19.4. The molecule has 29 heavy (non-hydrogen) atoms. The largest absolute Gasteiger partial charge is 0.490 e. The maximum Gasteiger partial charge on any atom is 0.490 e. The van der Waals surface area contributed by atoms with Crippen LogP contribution < -0.4 is 0 Å². The second-order valence-corrected chi connectivity index (χ2v) is 5.52. The molecule has 8 nitrogen and oxygen atoms in total. The average molecular weight is 401 g/mol. The zero-order valence-corrected chi connectivity index (χ0v) is 14.3. The lowest BCUT2D eigenvalue weighted by Crippen LogP contribution is -2.21. The van der Waals surface area contributed by atoms with Crippen LogP contribution in [-0.4, -0.2) is 37.4 Å². The number of carbonyl (C=O) groups is 1. The van der Waals surface area contributed by atoms with Gasteiger partial charge in [0.2, 0.25) is 5.82 Å². The molecule has 0 fully saturated rings. The van der Waals surface area contributed by atoms with E-state index in [4.69, 9.17) is 19.7 Å². The number of H-pyrrole nitrogens is 1. The highest BCUT2D eigenvalue weighted by molar-refractivity contribution is 5.90. The molecule has 0 aliphatic rings. The molecule has 3 heterocycles. The third-order valence-electron chi connectivity index (χ3n) is 3.61. The summed E-state index contributed by atoms with van der Waals surface area (Å²) in [6.07, 6.45) is -1.57. The Labute approximate surface area is 160 Å². The Kier molecular flexibility index (Phi) is 5.27. The topological polar surface area (TPSA) is 129 Å². The van der Waals surface area contributed by atoms with Gasteiger partial charge in [-0.15, -0.1) is 0 Å². The van der Waals surface area contributed by atoms with Crippen LogP contribution in [0.25, 0.3) is 33.9 Å². The summed E-state index contributed by atoms with van der Waals surface area (Å²) in [5, 5.41) is 21.1. The van der Waals surface area contributed by atoms with Crippen LogP contribution in [0.4, 0.5) is 13.2 Å². The molecule has 0 atom stereocenters. The minimum atomic E-state index is -5.08. The van der Waals surface area contributed by atoms with Gasteiger partial charge in [0.25, 0.3) is 5.89 Å². The molecule has 3 aromatic heterocycles. The van der Waals surface area contributed by atoms with Gasteiger partial charge >= 0.3 is 12.1 Å². The summed E-state index contributed by atoms with van der Waals surface area (Å²) in [6, 6.07) is 12.9. The van der Waals surface area contributed by atoms with Crippen LogP contribution in [0.1, 0.15) is 5.56 Å². The third kappa shape index (κ3) is 4.38. The van der Waals surface area contributed by atoms with Gasteiger partial charge in [-0.2, -0.15) is 23.4 Å². The Morgan fingerprint density at radius 2 is 2.00 bits per heavy atom. The van der Waals surface area contributed by atoms with Gasteiger partial charge in [0.1, 0.15) is 5.65 Å². The van der Waals surface area contributed by atoms with Crippen molar-refractivity contribution in [1.29, 1.82) is 5.26 Å². The summed E-state index contributed by atoms with van der Waals surface area (Å²) in [7, 11) is 0. The molecule has 4 rings (SSSR count). The van der Waals surface area contributed by atoms with Crippen molar-refractivity contribution in [3.63, 3.8) is 0 Å². The predicted molar refractivity (Wildman–Crippen MR) is 93.2 cm³/mol. The second-order valence-electron chi connectivity index (χ2n) is 5.52. The zero-order chi connectivity index (χ0) is 21.0. The highest BCUT2D eigenvalue weighted by Gasteiger charge is 2.38. The van der Waals surface area contributed by atoms with Crippen LogP contribution >= 0.6 is 0 Å². The Morgan fingerprint density at radius 3 is 2.69 bits per heavy atom. The third-order valence-corrected chi connectivity index (χ3v) is 3.61. The van der Waals surface area contributed by atoms with Gasteiger partial charge in [0.15, 0.2) is 0 Å². The first kappa shape index (κ1) is 19.6. The van der Waals surface area contributed by atoms with Crippen molar-refractivity contribution in [3.8, 4) is 28.9 Å². The summed E-state index contributed by atoms with van der Waals surface area (Å²) in [5.74, 6) is -1.88. The lowest BCUT2D eigenvalue weighted by molar-refractivity contribution is -0.192. The van der Waals surface area contributed by atoms with Gasteiger partial charge in [0, 0.05) is 28.9 Å². The van der Waals surface area contributed by atoms with Crippen molar-refractivity contribution in [3.05, 3.63) is 54.4 Å². The summed E-state index contributed by atoms with van der Waals surface area (Å²) >= 11 is 0. The van der Waals surface area contributed by atoms with Crippen LogP contribution in [0.5, 0.6) is 0 Å². The molecule has 1 aromatic carbocycles. The number of halogens is 3. The number of carboxylic acid groups (broad SMARTS) is 1. The highest BCUT2D eigenvalue weighted by Crippen LogP contribution is 2.27. The minimum Gasteiger partial charge on any atom is -0.475 e. The number of pyridine rings is 1. The number of aromatic amines is 1. The maximum absolute atomic E-state index is 10.6. The monoisotopic (exact) mass is 401 g/mol. The summed E-state index contributed by atoms with van der Waals surface area (Å²) < 4.78 is 37.1. The van der Waals surface area contributed by atoms with E-state index < -0.39 is 12.1 Å². The van der Waals surface area contributed by atoms with E-state index in [2.05, 4.69) is 26.2 Å². The number of carboxylic acids is 1. The molecule has 0 amide bonds. The molecule has 0 aliphatic carbocycles. The molecule has 0 aliphatic heterocycles. The lowest BCUT2D eigenvalue weighted by Gasteiger charge is -1.96. The molecule has 0 bridgehead atoms. The van der Waals surface area contributed by atoms with E-state index in [1.807, 2.05) is 24.4 Å². The number of nitriles is 1. The molecule has 2 N–H and O–H groups in total. The van der Waals surface area contributed by atoms with Gasteiger partial charge in [-0.05, 0) is 30.3 Å². The number of aliphatic carboxylic acids is 1. The molecular weight excluding hydrogens is 391 g/mol. The fraction of sp³-hybridized carbons (Fsp3) is 0.0556. The van der Waals surface area contributed by atoms with E-state index in [0.717, 1.165) is 22.2 Å². The number of alkyl halides is 3. The van der Waals surface area contributed by atoms with Gasteiger partial charge in [-0.3, -0.25) is 0 Å². The number of nitrogens with zero attached hydrogens (tertiary/aromatic N) is 4. The quantitative estimate of drug-likeness (QED) is 0.523. The summed E-state index contributed by atoms with van der Waals surface area (Å²) in [6.45, 7) is 0. The number of fused-ring (bicyclic) bond motifs is 1. The molecule has 0 saturated heterocycles.